The Balaban J connectivity index is 3.80. The van der Waals surface area contributed by atoms with Gasteiger partial charge in [0.1, 0.15) is 0 Å². The van der Waals surface area contributed by atoms with Crippen molar-refractivity contribution in [2.75, 3.05) is 6.61 Å². The zero-order valence-electron chi connectivity index (χ0n) is 27.1. The molecule has 5 nitrogen and oxygen atoms in total. The highest BCUT2D eigenvalue weighted by atomic mass is 16.3. The van der Waals surface area contributed by atoms with E-state index in [0.29, 0.717) is 6.42 Å². The molecule has 0 saturated heterocycles. The first-order valence-corrected chi connectivity index (χ1v) is 17.1. The number of aliphatic hydroxyl groups is 3. The van der Waals surface area contributed by atoms with Crippen molar-refractivity contribution < 1.29 is 20.1 Å². The van der Waals surface area contributed by atoms with Crippen LogP contribution >= 0.6 is 0 Å². The number of unbranched alkanes of at least 4 members (excludes halogenated alkanes) is 13. The summed E-state index contributed by atoms with van der Waals surface area (Å²) in [5, 5.41) is 32.9. The van der Waals surface area contributed by atoms with Gasteiger partial charge in [0, 0.05) is 0 Å². The maximum atomic E-state index is 12.3. The van der Waals surface area contributed by atoms with E-state index < -0.39 is 18.2 Å². The molecule has 3 unspecified atom stereocenters. The van der Waals surface area contributed by atoms with E-state index in [1.165, 1.54) is 64.2 Å². The molecular formula is C37H65NO4. The first-order valence-electron chi connectivity index (χ1n) is 17.1. The van der Waals surface area contributed by atoms with Crippen molar-refractivity contribution in [2.24, 2.45) is 0 Å². The molecule has 0 heterocycles. The van der Waals surface area contributed by atoms with Crippen LogP contribution in [-0.4, -0.2) is 46.1 Å². The number of hydrogen-bond acceptors (Lipinski definition) is 4. The molecule has 0 bridgehead atoms. The van der Waals surface area contributed by atoms with E-state index in [2.05, 4.69) is 67.8 Å². The van der Waals surface area contributed by atoms with Crippen LogP contribution in [0.2, 0.25) is 0 Å². The summed E-state index contributed by atoms with van der Waals surface area (Å²) in [6.07, 6.45) is 40.6. The second-order valence-electron chi connectivity index (χ2n) is 11.4. The van der Waals surface area contributed by atoms with Gasteiger partial charge in [-0.05, 0) is 64.2 Å². The maximum Gasteiger partial charge on any atom is 0.222 e. The molecule has 0 radical (unpaired) electrons. The molecule has 0 aliphatic carbocycles. The number of aliphatic hydroxyl groups excluding tert-OH is 3. The second kappa shape index (κ2) is 32.0. The average Bonchev–Trinajstić information content (AvgIpc) is 2.98. The fourth-order valence-corrected chi connectivity index (χ4v) is 4.66. The lowest BCUT2D eigenvalue weighted by atomic mass is 10.0. The molecule has 1 amide bonds. The number of rotatable bonds is 29. The van der Waals surface area contributed by atoms with Gasteiger partial charge in [-0.1, -0.05) is 132 Å². The Morgan fingerprint density at radius 3 is 1.74 bits per heavy atom. The van der Waals surface area contributed by atoms with Gasteiger partial charge >= 0.3 is 0 Å². The van der Waals surface area contributed by atoms with Crippen molar-refractivity contribution in [3.63, 3.8) is 0 Å². The van der Waals surface area contributed by atoms with Gasteiger partial charge < -0.3 is 20.6 Å². The molecule has 0 spiro atoms. The molecule has 0 aromatic heterocycles. The zero-order chi connectivity index (χ0) is 30.9. The van der Waals surface area contributed by atoms with Gasteiger partial charge in [-0.25, -0.2) is 0 Å². The van der Waals surface area contributed by atoms with Crippen LogP contribution in [0.25, 0.3) is 0 Å². The van der Waals surface area contributed by atoms with Crippen LogP contribution in [0.3, 0.4) is 0 Å². The first-order chi connectivity index (χ1) is 20.5. The second-order valence-corrected chi connectivity index (χ2v) is 11.4. The predicted molar refractivity (Wildman–Crippen MR) is 180 cm³/mol. The molecule has 0 saturated carbocycles. The van der Waals surface area contributed by atoms with E-state index in [4.69, 9.17) is 0 Å². The molecule has 5 heteroatoms. The lowest BCUT2D eigenvalue weighted by Crippen LogP contribution is -2.45. The highest BCUT2D eigenvalue weighted by molar-refractivity contribution is 5.76. The number of allylic oxidation sites excluding steroid dienone is 9. The van der Waals surface area contributed by atoms with Crippen LogP contribution in [0.15, 0.2) is 60.8 Å². The quantitative estimate of drug-likeness (QED) is 0.0400. The smallest absolute Gasteiger partial charge is 0.222 e. The van der Waals surface area contributed by atoms with Crippen LogP contribution in [-0.2, 0) is 4.79 Å². The molecule has 0 aromatic rings. The number of carbonyl (C=O) groups excluding carboxylic acids is 1. The number of nitrogens with one attached hydrogen (secondary N) is 1. The number of hydrogen-bond donors (Lipinski definition) is 4. The molecule has 0 aromatic carbocycles. The van der Waals surface area contributed by atoms with Gasteiger partial charge in [0.15, 0.2) is 0 Å². The molecule has 242 valence electrons. The Morgan fingerprint density at radius 1 is 0.643 bits per heavy atom. The largest absolute Gasteiger partial charge is 0.394 e. The summed E-state index contributed by atoms with van der Waals surface area (Å²) < 4.78 is 0. The Hall–Kier alpha value is -1.95. The molecule has 4 N–H and O–H groups in total. The molecule has 42 heavy (non-hydrogen) atoms. The van der Waals surface area contributed by atoms with Gasteiger partial charge in [0.25, 0.3) is 0 Å². The van der Waals surface area contributed by atoms with E-state index in [0.717, 1.165) is 51.4 Å². The Bertz CT molecular complexity index is 740. The maximum absolute atomic E-state index is 12.3. The van der Waals surface area contributed by atoms with Crippen molar-refractivity contribution in [3.05, 3.63) is 60.8 Å². The Morgan fingerprint density at radius 2 is 1.17 bits per heavy atom. The van der Waals surface area contributed by atoms with Crippen molar-refractivity contribution in [1.82, 2.24) is 5.32 Å². The zero-order valence-corrected chi connectivity index (χ0v) is 27.1. The van der Waals surface area contributed by atoms with E-state index in [1.807, 2.05) is 6.08 Å². The summed E-state index contributed by atoms with van der Waals surface area (Å²) in [5.74, 6) is -0.341. The lowest BCUT2D eigenvalue weighted by Gasteiger charge is -2.21. The standard InChI is InChI=1S/C37H65NO4/c1-3-5-7-9-11-13-15-16-17-18-19-20-21-22-24-26-28-30-34(40)32-37(42)38-35(33-39)36(41)31-29-27-25-23-14-12-10-8-6-4-2/h6,8,11,13-16,23,29,31,34-36,39-41H,3-5,7,9-10,12,17-22,24-28,30,32-33H2,1-2H3,(H,38,42)/b8-6+,13-11-,16-15-,23-14+,31-29+. The van der Waals surface area contributed by atoms with Gasteiger partial charge in [-0.2, -0.15) is 0 Å². The summed E-state index contributed by atoms with van der Waals surface area (Å²) in [4.78, 5) is 12.3. The minimum absolute atomic E-state index is 0.00569. The Labute approximate surface area is 259 Å². The normalized spacial score (nSPS) is 14.7. The van der Waals surface area contributed by atoms with E-state index >= 15 is 0 Å². The average molecular weight is 588 g/mol. The summed E-state index contributed by atoms with van der Waals surface area (Å²) in [6.45, 7) is 4.01. The van der Waals surface area contributed by atoms with Crippen molar-refractivity contribution >= 4 is 5.91 Å². The van der Waals surface area contributed by atoms with Gasteiger partial charge in [-0.3, -0.25) is 4.79 Å². The van der Waals surface area contributed by atoms with Gasteiger partial charge in [0.05, 0.1) is 31.3 Å². The summed E-state index contributed by atoms with van der Waals surface area (Å²) >= 11 is 0. The van der Waals surface area contributed by atoms with Crippen molar-refractivity contribution in [3.8, 4) is 0 Å². The lowest BCUT2D eigenvalue weighted by molar-refractivity contribution is -0.124. The van der Waals surface area contributed by atoms with Crippen LogP contribution in [0.1, 0.15) is 142 Å². The third-order valence-electron chi connectivity index (χ3n) is 7.29. The van der Waals surface area contributed by atoms with Crippen LogP contribution in [0, 0.1) is 0 Å². The number of amides is 1. The van der Waals surface area contributed by atoms with Crippen LogP contribution < -0.4 is 5.32 Å². The van der Waals surface area contributed by atoms with E-state index in [1.54, 1.807) is 6.08 Å². The van der Waals surface area contributed by atoms with Gasteiger partial charge in [-0.15, -0.1) is 0 Å². The summed E-state index contributed by atoms with van der Waals surface area (Å²) in [5.41, 5.74) is 0. The molecule has 0 fully saturated rings. The monoisotopic (exact) mass is 587 g/mol. The Kier molecular flexibility index (Phi) is 30.5. The van der Waals surface area contributed by atoms with Crippen molar-refractivity contribution in [2.45, 2.75) is 161 Å². The fraction of sp³-hybridized carbons (Fsp3) is 0.703. The molecular weight excluding hydrogens is 522 g/mol. The SMILES string of the molecule is CC/C=C/CC/C=C/CC/C=C/C(O)C(CO)NC(=O)CC(O)CCCCCCCCCC/C=C\C=C/CCCCC. The third kappa shape index (κ3) is 28.2. The minimum atomic E-state index is -0.960. The van der Waals surface area contributed by atoms with Gasteiger partial charge in [0.2, 0.25) is 5.91 Å². The fourth-order valence-electron chi connectivity index (χ4n) is 4.66. The molecule has 0 aliphatic rings. The molecule has 0 aliphatic heterocycles. The highest BCUT2D eigenvalue weighted by Crippen LogP contribution is 2.13. The summed E-state index contributed by atoms with van der Waals surface area (Å²) in [7, 11) is 0. The third-order valence-corrected chi connectivity index (χ3v) is 7.29. The minimum Gasteiger partial charge on any atom is -0.394 e. The number of carbonyl (C=O) groups is 1. The molecule has 0 rings (SSSR count). The van der Waals surface area contributed by atoms with E-state index in [-0.39, 0.29) is 18.9 Å². The first kappa shape index (κ1) is 40.1. The highest BCUT2D eigenvalue weighted by Gasteiger charge is 2.20. The predicted octanol–water partition coefficient (Wildman–Crippen LogP) is 8.81. The van der Waals surface area contributed by atoms with Crippen LogP contribution in [0.4, 0.5) is 0 Å². The van der Waals surface area contributed by atoms with Crippen molar-refractivity contribution in [1.29, 1.82) is 0 Å². The summed E-state index contributed by atoms with van der Waals surface area (Å²) in [6, 6.07) is -0.768. The van der Waals surface area contributed by atoms with Crippen LogP contribution in [0.5, 0.6) is 0 Å². The topological polar surface area (TPSA) is 89.8 Å². The molecule has 3 atom stereocenters. The van der Waals surface area contributed by atoms with E-state index in [9.17, 15) is 20.1 Å².